The summed E-state index contributed by atoms with van der Waals surface area (Å²) >= 11 is 0. The lowest BCUT2D eigenvalue weighted by atomic mass is 10.3. The van der Waals surface area contributed by atoms with E-state index in [0.29, 0.717) is 0 Å². The van der Waals surface area contributed by atoms with E-state index < -0.39 is 0 Å². The molecule has 96 valence electrons. The Balaban J connectivity index is 1.70. The van der Waals surface area contributed by atoms with Crippen molar-refractivity contribution in [2.24, 2.45) is 0 Å². The molecule has 1 aliphatic carbocycles. The fourth-order valence-corrected chi connectivity index (χ4v) is 1.97. The Kier molecular flexibility index (Phi) is 4.57. The van der Waals surface area contributed by atoms with E-state index in [1.165, 1.54) is 24.2 Å². The Labute approximate surface area is 104 Å². The van der Waals surface area contributed by atoms with Gasteiger partial charge in [-0.25, -0.2) is 0 Å². The molecular weight excluding hydrogens is 212 g/mol. The molecule has 0 radical (unpaired) electrons. The molecule has 0 atom stereocenters. The van der Waals surface area contributed by atoms with Crippen LogP contribution in [0, 0.1) is 0 Å². The molecule has 0 saturated heterocycles. The molecule has 0 unspecified atom stereocenters. The van der Waals surface area contributed by atoms with Crippen LogP contribution in [0.1, 0.15) is 38.1 Å². The first-order valence-corrected chi connectivity index (χ1v) is 6.83. The first kappa shape index (κ1) is 12.6. The van der Waals surface area contributed by atoms with Crippen LogP contribution in [0.4, 0.5) is 0 Å². The van der Waals surface area contributed by atoms with Crippen LogP contribution < -0.4 is 10.6 Å². The summed E-state index contributed by atoms with van der Waals surface area (Å²) in [4.78, 5) is 0. The molecular formula is C13H24N4. The fraction of sp³-hybridized carbons (Fsp3) is 0.769. The number of hydrogen-bond donors (Lipinski definition) is 2. The van der Waals surface area contributed by atoms with Crippen molar-refractivity contribution in [2.75, 3.05) is 13.1 Å². The van der Waals surface area contributed by atoms with Gasteiger partial charge in [0.2, 0.25) is 0 Å². The molecule has 0 aromatic carbocycles. The van der Waals surface area contributed by atoms with Gasteiger partial charge < -0.3 is 10.6 Å². The highest BCUT2D eigenvalue weighted by Crippen LogP contribution is 2.17. The minimum Gasteiger partial charge on any atom is -0.313 e. The molecule has 2 N–H and O–H groups in total. The van der Waals surface area contributed by atoms with E-state index in [9.17, 15) is 0 Å². The summed E-state index contributed by atoms with van der Waals surface area (Å²) in [6.07, 6.45) is 3.74. The van der Waals surface area contributed by atoms with E-state index in [2.05, 4.69) is 40.3 Å². The number of rotatable bonds is 8. The van der Waals surface area contributed by atoms with Gasteiger partial charge in [-0.15, -0.1) is 0 Å². The van der Waals surface area contributed by atoms with E-state index >= 15 is 0 Å². The number of nitrogens with zero attached hydrogens (tertiary/aromatic N) is 2. The van der Waals surface area contributed by atoms with Crippen molar-refractivity contribution in [2.45, 2.75) is 52.2 Å². The van der Waals surface area contributed by atoms with E-state index in [1.807, 2.05) is 0 Å². The van der Waals surface area contributed by atoms with Crippen molar-refractivity contribution >= 4 is 0 Å². The Morgan fingerprint density at radius 1 is 1.35 bits per heavy atom. The van der Waals surface area contributed by atoms with Gasteiger partial charge in [-0.3, -0.25) is 4.68 Å². The normalized spacial score (nSPS) is 15.4. The maximum absolute atomic E-state index is 4.55. The SMILES string of the molecule is CCc1cc(CNCCNC2CC2)n(CC)n1. The van der Waals surface area contributed by atoms with Crippen LogP contribution in [0.25, 0.3) is 0 Å². The smallest absolute Gasteiger partial charge is 0.0625 e. The lowest BCUT2D eigenvalue weighted by molar-refractivity contribution is 0.561. The largest absolute Gasteiger partial charge is 0.313 e. The van der Waals surface area contributed by atoms with Crippen LogP contribution >= 0.6 is 0 Å². The van der Waals surface area contributed by atoms with Crippen LogP contribution in [-0.4, -0.2) is 28.9 Å². The zero-order valence-corrected chi connectivity index (χ0v) is 11.0. The number of nitrogens with one attached hydrogen (secondary N) is 2. The Morgan fingerprint density at radius 2 is 2.18 bits per heavy atom. The Bertz CT molecular complexity index is 341. The quantitative estimate of drug-likeness (QED) is 0.669. The van der Waals surface area contributed by atoms with Gasteiger partial charge in [0.05, 0.1) is 11.4 Å². The first-order chi connectivity index (χ1) is 8.33. The monoisotopic (exact) mass is 236 g/mol. The second-order valence-electron chi connectivity index (χ2n) is 4.70. The van der Waals surface area contributed by atoms with Gasteiger partial charge in [-0.1, -0.05) is 6.92 Å². The van der Waals surface area contributed by atoms with Crippen molar-refractivity contribution in [3.63, 3.8) is 0 Å². The standard InChI is InChI=1S/C13H24N4/c1-3-11-9-13(17(4-2)16-11)10-14-7-8-15-12-5-6-12/h9,12,14-15H,3-8,10H2,1-2H3. The van der Waals surface area contributed by atoms with E-state index in [-0.39, 0.29) is 0 Å². The van der Waals surface area contributed by atoms with Gasteiger partial charge >= 0.3 is 0 Å². The zero-order chi connectivity index (χ0) is 12.1. The molecule has 2 rings (SSSR count). The fourth-order valence-electron chi connectivity index (χ4n) is 1.97. The maximum Gasteiger partial charge on any atom is 0.0625 e. The molecule has 4 nitrogen and oxygen atoms in total. The van der Waals surface area contributed by atoms with Gasteiger partial charge in [0.15, 0.2) is 0 Å². The predicted octanol–water partition coefficient (Wildman–Crippen LogP) is 1.31. The third-order valence-electron chi connectivity index (χ3n) is 3.19. The molecule has 1 saturated carbocycles. The summed E-state index contributed by atoms with van der Waals surface area (Å²) in [6.45, 7) is 8.28. The molecule has 17 heavy (non-hydrogen) atoms. The van der Waals surface area contributed by atoms with Crippen molar-refractivity contribution < 1.29 is 0 Å². The van der Waals surface area contributed by atoms with Crippen LogP contribution in [0.15, 0.2) is 6.07 Å². The number of hydrogen-bond acceptors (Lipinski definition) is 3. The molecule has 0 bridgehead atoms. The minimum atomic E-state index is 0.810. The van der Waals surface area contributed by atoms with Crippen molar-refractivity contribution in [1.29, 1.82) is 0 Å². The van der Waals surface area contributed by atoms with Crippen LogP contribution in [-0.2, 0) is 19.5 Å². The van der Waals surface area contributed by atoms with Crippen LogP contribution in [0.5, 0.6) is 0 Å². The van der Waals surface area contributed by atoms with Crippen molar-refractivity contribution in [3.05, 3.63) is 17.5 Å². The van der Waals surface area contributed by atoms with Gasteiger partial charge in [0.25, 0.3) is 0 Å². The van der Waals surface area contributed by atoms with E-state index in [1.54, 1.807) is 0 Å². The molecule has 1 aromatic rings. The van der Waals surface area contributed by atoms with Crippen LogP contribution in [0.2, 0.25) is 0 Å². The van der Waals surface area contributed by atoms with Gasteiger partial charge in [0, 0.05) is 32.2 Å². The average molecular weight is 236 g/mol. The van der Waals surface area contributed by atoms with Crippen molar-refractivity contribution in [1.82, 2.24) is 20.4 Å². The van der Waals surface area contributed by atoms with Gasteiger partial charge in [0.1, 0.15) is 0 Å². The molecule has 0 amide bonds. The number of aryl methyl sites for hydroxylation is 2. The third-order valence-corrected chi connectivity index (χ3v) is 3.19. The van der Waals surface area contributed by atoms with Gasteiger partial charge in [-0.05, 0) is 32.3 Å². The maximum atomic E-state index is 4.55. The molecule has 0 aliphatic heterocycles. The first-order valence-electron chi connectivity index (χ1n) is 6.83. The summed E-state index contributed by atoms with van der Waals surface area (Å²) < 4.78 is 2.10. The van der Waals surface area contributed by atoms with Gasteiger partial charge in [-0.2, -0.15) is 5.10 Å². The van der Waals surface area contributed by atoms with E-state index in [4.69, 9.17) is 0 Å². The highest BCUT2D eigenvalue weighted by Gasteiger charge is 2.19. The summed E-state index contributed by atoms with van der Waals surface area (Å²) in [5, 5.41) is 11.5. The molecule has 1 heterocycles. The second-order valence-corrected chi connectivity index (χ2v) is 4.70. The summed E-state index contributed by atoms with van der Waals surface area (Å²) in [5.74, 6) is 0. The third kappa shape index (κ3) is 3.82. The summed E-state index contributed by atoms with van der Waals surface area (Å²) in [5.41, 5.74) is 2.50. The molecule has 1 aliphatic rings. The topological polar surface area (TPSA) is 41.9 Å². The molecule has 1 aromatic heterocycles. The minimum absolute atomic E-state index is 0.810. The average Bonchev–Trinajstić information content (AvgIpc) is 3.08. The van der Waals surface area contributed by atoms with E-state index in [0.717, 1.165) is 38.6 Å². The highest BCUT2D eigenvalue weighted by molar-refractivity contribution is 5.10. The second kappa shape index (κ2) is 6.17. The zero-order valence-electron chi connectivity index (χ0n) is 11.0. The Morgan fingerprint density at radius 3 is 2.82 bits per heavy atom. The molecule has 4 heteroatoms. The molecule has 1 fully saturated rings. The summed E-state index contributed by atoms with van der Waals surface area (Å²) in [6, 6.07) is 3.02. The Hall–Kier alpha value is -0.870. The lowest BCUT2D eigenvalue weighted by Crippen LogP contribution is -2.28. The summed E-state index contributed by atoms with van der Waals surface area (Å²) in [7, 11) is 0. The highest BCUT2D eigenvalue weighted by atomic mass is 15.3. The molecule has 0 spiro atoms. The van der Waals surface area contributed by atoms with Crippen molar-refractivity contribution in [3.8, 4) is 0 Å². The predicted molar refractivity (Wildman–Crippen MR) is 70.0 cm³/mol. The number of aromatic nitrogens is 2. The lowest BCUT2D eigenvalue weighted by Gasteiger charge is -2.07. The van der Waals surface area contributed by atoms with Crippen LogP contribution in [0.3, 0.4) is 0 Å².